The van der Waals surface area contributed by atoms with Gasteiger partial charge in [0.15, 0.2) is 0 Å². The predicted molar refractivity (Wildman–Crippen MR) is 73.0 cm³/mol. The summed E-state index contributed by atoms with van der Waals surface area (Å²) in [4.78, 5) is 0. The number of benzene rings is 2. The van der Waals surface area contributed by atoms with Crippen molar-refractivity contribution in [3.8, 4) is 11.8 Å². The highest BCUT2D eigenvalue weighted by Gasteiger charge is 1.90. The molecule has 0 N–H and O–H groups in total. The van der Waals surface area contributed by atoms with Gasteiger partial charge in [-0.3, -0.25) is 0 Å². The molecule has 2 aromatic rings. The molecule has 0 unspecified atom stereocenters. The molecule has 2 aromatic carbocycles. The van der Waals surface area contributed by atoms with Crippen molar-refractivity contribution < 1.29 is 0 Å². The topological polar surface area (TPSA) is 0 Å². The van der Waals surface area contributed by atoms with E-state index in [0.717, 1.165) is 17.5 Å². The van der Waals surface area contributed by atoms with Crippen LogP contribution < -0.4 is 0 Å². The molecule has 0 amide bonds. The molecule has 0 atom stereocenters. The van der Waals surface area contributed by atoms with Gasteiger partial charge in [-0.2, -0.15) is 0 Å². The van der Waals surface area contributed by atoms with E-state index in [1.807, 2.05) is 12.1 Å². The van der Waals surface area contributed by atoms with E-state index in [0.29, 0.717) is 0 Å². The molecule has 0 radical (unpaired) electrons. The fourth-order valence-electron chi connectivity index (χ4n) is 1.69. The van der Waals surface area contributed by atoms with Crippen LogP contribution in [0.15, 0.2) is 48.5 Å². The highest BCUT2D eigenvalue weighted by Crippen LogP contribution is 2.05. The van der Waals surface area contributed by atoms with Crippen LogP contribution >= 0.6 is 0 Å². The Morgan fingerprint density at radius 3 is 2.24 bits per heavy atom. The van der Waals surface area contributed by atoms with Gasteiger partial charge in [0.2, 0.25) is 0 Å². The fraction of sp³-hybridized carbons (Fsp3) is 0.176. The Bertz CT molecular complexity index is 551. The highest BCUT2D eigenvalue weighted by atomic mass is 13.9. The molecule has 0 bridgehead atoms. The second-order valence-corrected chi connectivity index (χ2v) is 4.17. The van der Waals surface area contributed by atoms with Crippen molar-refractivity contribution in [3.05, 3.63) is 70.8 Å². The van der Waals surface area contributed by atoms with Gasteiger partial charge < -0.3 is 0 Å². The van der Waals surface area contributed by atoms with E-state index >= 15 is 0 Å². The van der Waals surface area contributed by atoms with Gasteiger partial charge in [-0.05, 0) is 48.7 Å². The lowest BCUT2D eigenvalue weighted by atomic mass is 10.1. The molecule has 2 rings (SSSR count). The first-order valence-electron chi connectivity index (χ1n) is 5.95. The van der Waals surface area contributed by atoms with Gasteiger partial charge >= 0.3 is 0 Å². The normalized spacial score (nSPS) is 9.53. The molecule has 0 aromatic heterocycles. The molecule has 0 saturated heterocycles. The molecular weight excluding hydrogens is 204 g/mol. The van der Waals surface area contributed by atoms with E-state index < -0.39 is 0 Å². The summed E-state index contributed by atoms with van der Waals surface area (Å²) in [5, 5.41) is 0. The lowest BCUT2D eigenvalue weighted by Gasteiger charge is -1.95. The molecule has 0 aliphatic carbocycles. The van der Waals surface area contributed by atoms with Gasteiger partial charge in [-0.1, -0.05) is 43.0 Å². The Morgan fingerprint density at radius 1 is 0.882 bits per heavy atom. The summed E-state index contributed by atoms with van der Waals surface area (Å²) in [6, 6.07) is 16.7. The first kappa shape index (κ1) is 11.5. The SMILES string of the molecule is CCc1ccc(C#Cc2cccc(C)c2)cc1. The standard InChI is InChI=1S/C17H16/c1-3-15-7-9-16(10-8-15)11-12-17-6-4-5-14(2)13-17/h4-10,13H,3H2,1-2H3. The lowest BCUT2D eigenvalue weighted by Crippen LogP contribution is -1.81. The number of rotatable bonds is 1. The van der Waals surface area contributed by atoms with E-state index in [-0.39, 0.29) is 0 Å². The van der Waals surface area contributed by atoms with Crippen LogP contribution in [0.25, 0.3) is 0 Å². The minimum Gasteiger partial charge on any atom is -0.0617 e. The third kappa shape index (κ3) is 3.23. The summed E-state index contributed by atoms with van der Waals surface area (Å²) in [5.41, 5.74) is 4.75. The van der Waals surface area contributed by atoms with Gasteiger partial charge in [-0.15, -0.1) is 0 Å². The first-order chi connectivity index (χ1) is 8.28. The van der Waals surface area contributed by atoms with Crippen LogP contribution in [0.3, 0.4) is 0 Å². The second kappa shape index (κ2) is 5.37. The summed E-state index contributed by atoms with van der Waals surface area (Å²) >= 11 is 0. The van der Waals surface area contributed by atoms with Crippen molar-refractivity contribution in [2.45, 2.75) is 20.3 Å². The molecule has 17 heavy (non-hydrogen) atoms. The maximum atomic E-state index is 3.19. The zero-order chi connectivity index (χ0) is 12.1. The summed E-state index contributed by atoms with van der Waals surface area (Å²) in [5.74, 6) is 6.38. The quantitative estimate of drug-likeness (QED) is 0.638. The maximum Gasteiger partial charge on any atom is 0.0251 e. The van der Waals surface area contributed by atoms with Crippen molar-refractivity contribution in [1.29, 1.82) is 0 Å². The number of hydrogen-bond donors (Lipinski definition) is 0. The molecule has 0 nitrogen and oxygen atoms in total. The summed E-state index contributed by atoms with van der Waals surface area (Å²) in [6.45, 7) is 4.24. The largest absolute Gasteiger partial charge is 0.0617 e. The number of hydrogen-bond acceptors (Lipinski definition) is 0. The van der Waals surface area contributed by atoms with Crippen LogP contribution in [0.4, 0.5) is 0 Å². The summed E-state index contributed by atoms with van der Waals surface area (Å²) in [6.07, 6.45) is 1.07. The van der Waals surface area contributed by atoms with Crippen molar-refractivity contribution in [3.63, 3.8) is 0 Å². The van der Waals surface area contributed by atoms with Crippen molar-refractivity contribution in [2.75, 3.05) is 0 Å². The van der Waals surface area contributed by atoms with Crippen LogP contribution in [-0.2, 0) is 6.42 Å². The summed E-state index contributed by atoms with van der Waals surface area (Å²) in [7, 11) is 0. The van der Waals surface area contributed by atoms with E-state index in [2.05, 4.69) is 62.1 Å². The zero-order valence-corrected chi connectivity index (χ0v) is 10.3. The van der Waals surface area contributed by atoms with Gasteiger partial charge in [-0.25, -0.2) is 0 Å². The van der Waals surface area contributed by atoms with Crippen LogP contribution in [0, 0.1) is 18.8 Å². The van der Waals surface area contributed by atoms with Crippen LogP contribution in [0.5, 0.6) is 0 Å². The predicted octanol–water partition coefficient (Wildman–Crippen LogP) is 3.96. The van der Waals surface area contributed by atoms with E-state index in [4.69, 9.17) is 0 Å². The molecule has 0 aliphatic heterocycles. The Balaban J connectivity index is 2.20. The molecule has 0 spiro atoms. The zero-order valence-electron chi connectivity index (χ0n) is 10.3. The summed E-state index contributed by atoms with van der Waals surface area (Å²) < 4.78 is 0. The molecule has 0 aliphatic rings. The van der Waals surface area contributed by atoms with Gasteiger partial charge in [0, 0.05) is 11.1 Å². The van der Waals surface area contributed by atoms with Crippen molar-refractivity contribution >= 4 is 0 Å². The molecule has 0 fully saturated rings. The van der Waals surface area contributed by atoms with Crippen molar-refractivity contribution in [1.82, 2.24) is 0 Å². The fourth-order valence-corrected chi connectivity index (χ4v) is 1.69. The third-order valence-corrected chi connectivity index (χ3v) is 2.73. The first-order valence-corrected chi connectivity index (χ1v) is 5.95. The number of aryl methyl sites for hydroxylation is 2. The Morgan fingerprint density at radius 2 is 1.59 bits per heavy atom. The Kier molecular flexibility index (Phi) is 3.62. The highest BCUT2D eigenvalue weighted by molar-refractivity contribution is 5.44. The molecule has 0 saturated carbocycles. The molecule has 0 heteroatoms. The van der Waals surface area contributed by atoms with E-state index in [9.17, 15) is 0 Å². The molecule has 0 heterocycles. The third-order valence-electron chi connectivity index (χ3n) is 2.73. The average molecular weight is 220 g/mol. The molecular formula is C17H16. The van der Waals surface area contributed by atoms with Crippen molar-refractivity contribution in [2.24, 2.45) is 0 Å². The monoisotopic (exact) mass is 220 g/mol. The van der Waals surface area contributed by atoms with Gasteiger partial charge in [0.05, 0.1) is 0 Å². The lowest BCUT2D eigenvalue weighted by molar-refractivity contribution is 1.14. The van der Waals surface area contributed by atoms with E-state index in [1.54, 1.807) is 0 Å². The minimum atomic E-state index is 1.07. The Hall–Kier alpha value is -2.00. The second-order valence-electron chi connectivity index (χ2n) is 4.17. The minimum absolute atomic E-state index is 1.07. The van der Waals surface area contributed by atoms with Crippen LogP contribution in [-0.4, -0.2) is 0 Å². The van der Waals surface area contributed by atoms with E-state index in [1.165, 1.54) is 11.1 Å². The average Bonchev–Trinajstić information content (AvgIpc) is 2.37. The maximum absolute atomic E-state index is 3.19. The smallest absolute Gasteiger partial charge is 0.0251 e. The Labute approximate surface area is 103 Å². The molecule has 84 valence electrons. The van der Waals surface area contributed by atoms with Gasteiger partial charge in [0.1, 0.15) is 0 Å². The van der Waals surface area contributed by atoms with Crippen LogP contribution in [0.1, 0.15) is 29.2 Å². The van der Waals surface area contributed by atoms with Gasteiger partial charge in [0.25, 0.3) is 0 Å². The van der Waals surface area contributed by atoms with Crippen LogP contribution in [0.2, 0.25) is 0 Å².